The summed E-state index contributed by atoms with van der Waals surface area (Å²) in [5.74, 6) is 0. The Hall–Kier alpha value is -0.110. The van der Waals surface area contributed by atoms with Gasteiger partial charge >= 0.3 is 0 Å². The molecule has 0 heterocycles. The van der Waals surface area contributed by atoms with Crippen LogP contribution in [0.2, 0.25) is 0 Å². The summed E-state index contributed by atoms with van der Waals surface area (Å²) in [5, 5.41) is 0. The Morgan fingerprint density at radius 1 is 1.28 bits per heavy atom. The van der Waals surface area contributed by atoms with Crippen molar-refractivity contribution in [1.82, 2.24) is 4.72 Å². The molecule has 0 radical (unpaired) electrons. The summed E-state index contributed by atoms with van der Waals surface area (Å²) < 4.78 is 28.2. The van der Waals surface area contributed by atoms with E-state index in [1.54, 1.807) is 12.1 Å². The van der Waals surface area contributed by atoms with Crippen LogP contribution in [0, 0.1) is 0 Å². The number of hydrogen-bond acceptors (Lipinski definition) is 3. The lowest BCUT2D eigenvalue weighted by atomic mass is 10.0. The molecule has 102 valence electrons. The number of sulfonamides is 1. The maximum absolute atomic E-state index is 12.3. The molecule has 0 aliphatic rings. The van der Waals surface area contributed by atoms with E-state index in [0.29, 0.717) is 21.1 Å². The number of nitrogens with one attached hydrogen (secondary N) is 1. The molecule has 0 bridgehead atoms. The Morgan fingerprint density at radius 2 is 1.72 bits per heavy atom. The van der Waals surface area contributed by atoms with Crippen LogP contribution in [0.25, 0.3) is 0 Å². The van der Waals surface area contributed by atoms with Gasteiger partial charge in [-0.2, -0.15) is 0 Å². The first-order valence-electron chi connectivity index (χ1n) is 5.37. The highest BCUT2D eigenvalue weighted by Gasteiger charge is 2.28. The number of halogens is 2. The number of rotatable bonds is 4. The summed E-state index contributed by atoms with van der Waals surface area (Å²) in [6, 6.07) is 3.14. The number of hydrogen-bond donors (Lipinski definition) is 2. The van der Waals surface area contributed by atoms with Crippen LogP contribution >= 0.6 is 31.9 Å². The van der Waals surface area contributed by atoms with Crippen molar-refractivity contribution in [1.29, 1.82) is 0 Å². The van der Waals surface area contributed by atoms with Crippen LogP contribution in [0.1, 0.15) is 27.2 Å². The second-order valence-corrected chi connectivity index (χ2v) is 7.98. The second kappa shape index (κ2) is 5.48. The minimum absolute atomic E-state index is 0.165. The second-order valence-electron chi connectivity index (χ2n) is 4.66. The van der Waals surface area contributed by atoms with Crippen molar-refractivity contribution in [3.8, 4) is 0 Å². The maximum atomic E-state index is 12.3. The average molecular weight is 400 g/mol. The molecule has 7 heteroatoms. The van der Waals surface area contributed by atoms with E-state index in [2.05, 4.69) is 36.6 Å². The molecule has 0 atom stereocenters. The van der Waals surface area contributed by atoms with Gasteiger partial charge in [0.25, 0.3) is 0 Å². The molecule has 1 rings (SSSR count). The third-order valence-corrected chi connectivity index (χ3v) is 6.16. The largest absolute Gasteiger partial charge is 0.399 e. The molecular weight excluding hydrogens is 384 g/mol. The highest BCUT2D eigenvalue weighted by Crippen LogP contribution is 2.33. The van der Waals surface area contributed by atoms with E-state index >= 15 is 0 Å². The Bertz CT molecular complexity index is 533. The van der Waals surface area contributed by atoms with E-state index in [-0.39, 0.29) is 4.90 Å². The molecule has 4 nitrogen and oxygen atoms in total. The first-order chi connectivity index (χ1) is 8.09. The molecular formula is C11H16Br2N2O2S. The third kappa shape index (κ3) is 3.69. The van der Waals surface area contributed by atoms with Gasteiger partial charge in [-0.05, 0) is 64.3 Å². The van der Waals surface area contributed by atoms with Gasteiger partial charge in [0.2, 0.25) is 10.0 Å². The molecule has 0 saturated heterocycles. The lowest BCUT2D eigenvalue weighted by molar-refractivity contribution is 0.439. The highest BCUT2D eigenvalue weighted by atomic mass is 79.9. The highest BCUT2D eigenvalue weighted by molar-refractivity contribution is 9.11. The summed E-state index contributed by atoms with van der Waals surface area (Å²) in [6.07, 6.45) is 0.691. The van der Waals surface area contributed by atoms with Crippen molar-refractivity contribution in [2.24, 2.45) is 0 Å². The molecule has 0 aliphatic carbocycles. The molecule has 0 unspecified atom stereocenters. The van der Waals surface area contributed by atoms with Gasteiger partial charge in [-0.25, -0.2) is 13.1 Å². The van der Waals surface area contributed by atoms with E-state index in [0.717, 1.165) is 0 Å². The molecule has 0 fully saturated rings. The summed E-state index contributed by atoms with van der Waals surface area (Å²) >= 11 is 6.47. The smallest absolute Gasteiger partial charge is 0.243 e. The van der Waals surface area contributed by atoms with Crippen LogP contribution in [0.4, 0.5) is 5.69 Å². The molecule has 18 heavy (non-hydrogen) atoms. The standard InChI is InChI=1S/C11H16Br2N2O2S/c1-4-11(2,3)15-18(16,17)10-8(12)5-7(14)6-9(10)13/h5-6,15H,4,14H2,1-3H3. The van der Waals surface area contributed by atoms with E-state index in [1.807, 2.05) is 20.8 Å². The van der Waals surface area contributed by atoms with Crippen LogP contribution < -0.4 is 10.5 Å². The fourth-order valence-corrected chi connectivity index (χ4v) is 5.43. The molecule has 3 N–H and O–H groups in total. The topological polar surface area (TPSA) is 72.2 Å². The summed E-state index contributed by atoms with van der Waals surface area (Å²) in [4.78, 5) is 0.165. The lowest BCUT2D eigenvalue weighted by Crippen LogP contribution is -2.42. The Balaban J connectivity index is 3.30. The van der Waals surface area contributed by atoms with E-state index in [9.17, 15) is 8.42 Å². The fourth-order valence-electron chi connectivity index (χ4n) is 1.32. The summed E-state index contributed by atoms with van der Waals surface area (Å²) in [7, 11) is -3.61. The Kier molecular flexibility index (Phi) is 4.86. The Labute approximate surface area is 125 Å². The zero-order valence-corrected chi connectivity index (χ0v) is 14.4. The Morgan fingerprint density at radius 3 is 2.11 bits per heavy atom. The summed E-state index contributed by atoms with van der Waals surface area (Å²) in [5.41, 5.74) is 5.64. The van der Waals surface area contributed by atoms with Crippen molar-refractivity contribution in [3.05, 3.63) is 21.1 Å². The summed E-state index contributed by atoms with van der Waals surface area (Å²) in [6.45, 7) is 5.60. The van der Waals surface area contributed by atoms with Gasteiger partial charge in [-0.15, -0.1) is 0 Å². The van der Waals surface area contributed by atoms with Gasteiger partial charge in [-0.3, -0.25) is 0 Å². The molecule has 1 aromatic carbocycles. The van der Waals surface area contributed by atoms with Gasteiger partial charge < -0.3 is 5.73 Å². The fraction of sp³-hybridized carbons (Fsp3) is 0.455. The van der Waals surface area contributed by atoms with E-state index < -0.39 is 15.6 Å². The van der Waals surface area contributed by atoms with Crippen LogP contribution in [-0.2, 0) is 10.0 Å². The molecule has 0 amide bonds. The van der Waals surface area contributed by atoms with Gasteiger partial charge in [0.05, 0.1) is 0 Å². The van der Waals surface area contributed by atoms with Gasteiger partial charge in [0.1, 0.15) is 4.90 Å². The first kappa shape index (κ1) is 15.9. The van der Waals surface area contributed by atoms with Crippen LogP contribution in [0.15, 0.2) is 26.0 Å². The average Bonchev–Trinajstić information content (AvgIpc) is 2.13. The molecule has 0 saturated carbocycles. The van der Waals surface area contributed by atoms with Gasteiger partial charge in [0, 0.05) is 20.2 Å². The van der Waals surface area contributed by atoms with E-state index in [4.69, 9.17) is 5.73 Å². The van der Waals surface area contributed by atoms with Crippen LogP contribution in [-0.4, -0.2) is 14.0 Å². The van der Waals surface area contributed by atoms with Gasteiger partial charge in [0.15, 0.2) is 0 Å². The molecule has 0 aliphatic heterocycles. The quantitative estimate of drug-likeness (QED) is 0.763. The van der Waals surface area contributed by atoms with Crippen molar-refractivity contribution < 1.29 is 8.42 Å². The van der Waals surface area contributed by atoms with Crippen molar-refractivity contribution >= 4 is 47.6 Å². The minimum Gasteiger partial charge on any atom is -0.399 e. The number of nitrogens with two attached hydrogens (primary N) is 1. The predicted molar refractivity (Wildman–Crippen MR) is 80.9 cm³/mol. The first-order valence-corrected chi connectivity index (χ1v) is 8.44. The SMILES string of the molecule is CCC(C)(C)NS(=O)(=O)c1c(Br)cc(N)cc1Br. The zero-order valence-electron chi connectivity index (χ0n) is 10.4. The molecule has 0 spiro atoms. The third-order valence-electron chi connectivity index (χ3n) is 2.58. The number of anilines is 1. The normalized spacial score (nSPS) is 12.7. The number of benzene rings is 1. The van der Waals surface area contributed by atoms with Crippen molar-refractivity contribution in [2.75, 3.05) is 5.73 Å². The monoisotopic (exact) mass is 398 g/mol. The lowest BCUT2D eigenvalue weighted by Gasteiger charge is -2.25. The zero-order chi connectivity index (χ0) is 14.1. The van der Waals surface area contributed by atoms with E-state index in [1.165, 1.54) is 0 Å². The number of nitrogen functional groups attached to an aromatic ring is 1. The van der Waals surface area contributed by atoms with Crippen molar-refractivity contribution in [3.63, 3.8) is 0 Å². The maximum Gasteiger partial charge on any atom is 0.243 e. The molecule has 0 aromatic heterocycles. The van der Waals surface area contributed by atoms with Gasteiger partial charge in [-0.1, -0.05) is 6.92 Å². The van der Waals surface area contributed by atoms with Crippen LogP contribution in [0.5, 0.6) is 0 Å². The minimum atomic E-state index is -3.61. The van der Waals surface area contributed by atoms with Crippen molar-refractivity contribution in [2.45, 2.75) is 37.6 Å². The van der Waals surface area contributed by atoms with Crippen LogP contribution in [0.3, 0.4) is 0 Å². The predicted octanol–water partition coefficient (Wildman–Crippen LogP) is 3.26. The molecule has 1 aromatic rings.